The van der Waals surface area contributed by atoms with Crippen LogP contribution in [0.2, 0.25) is 0 Å². The average Bonchev–Trinajstić information content (AvgIpc) is 2.83. The van der Waals surface area contributed by atoms with Crippen LogP contribution >= 0.6 is 0 Å². The fraction of sp³-hybridized carbons (Fsp3) is 0. The molecular weight excluding hydrogens is 436 g/mol. The maximum absolute atomic E-state index is 11.5. The zero-order valence-corrected chi connectivity index (χ0v) is 17.7. The van der Waals surface area contributed by atoms with Crippen LogP contribution in [0.15, 0.2) is 97.1 Å². The van der Waals surface area contributed by atoms with Gasteiger partial charge in [-0.05, 0) is 57.9 Å². The summed E-state index contributed by atoms with van der Waals surface area (Å²) in [6, 6.07) is 25.6. The minimum absolute atomic E-state index is 0.0904. The van der Waals surface area contributed by atoms with E-state index in [1.165, 1.54) is 30.3 Å². The van der Waals surface area contributed by atoms with Crippen molar-refractivity contribution in [2.75, 3.05) is 10.5 Å². The number of hydrogen-bond acceptors (Lipinski definition) is 8. The largest absolute Gasteiger partial charge is 0.872 e. The Morgan fingerprint density at radius 1 is 0.500 bits per heavy atom. The highest BCUT2D eigenvalue weighted by Gasteiger charge is 2.11. The van der Waals surface area contributed by atoms with Gasteiger partial charge in [0.15, 0.2) is 11.5 Å². The van der Waals surface area contributed by atoms with E-state index in [1.54, 1.807) is 66.7 Å². The quantitative estimate of drug-likeness (QED) is 0.360. The Kier molecular flexibility index (Phi) is 5.43. The number of hydrogen-bond donors (Lipinski definition) is 2. The summed E-state index contributed by atoms with van der Waals surface area (Å²) in [5, 5.41) is 48.0. The zero-order chi connectivity index (χ0) is 23.7. The molecule has 0 unspecified atom stereocenters. The van der Waals surface area contributed by atoms with Crippen LogP contribution < -0.4 is 30.3 Å². The minimum atomic E-state index is -0.0904. The molecule has 5 aromatic carbocycles. The molecule has 0 aromatic heterocycles. The fourth-order valence-electron chi connectivity index (χ4n) is 3.55. The second kappa shape index (κ2) is 8.70. The molecule has 8 nitrogen and oxygen atoms in total. The summed E-state index contributed by atoms with van der Waals surface area (Å²) >= 11 is 0. The molecular formula is C26H18N2O6-2. The van der Waals surface area contributed by atoms with Crippen LogP contribution in [0.4, 0.5) is 11.4 Å². The van der Waals surface area contributed by atoms with Gasteiger partial charge in [-0.25, -0.2) is 0 Å². The molecule has 170 valence electrons. The molecule has 0 heterocycles. The lowest BCUT2D eigenvalue weighted by Crippen LogP contribution is -2.23. The smallest absolute Gasteiger partial charge is 0.162 e. The van der Waals surface area contributed by atoms with Crippen molar-refractivity contribution in [3.63, 3.8) is 0 Å². The van der Waals surface area contributed by atoms with Crippen molar-refractivity contribution < 1.29 is 30.3 Å². The lowest BCUT2D eigenvalue weighted by molar-refractivity contribution is -0.268. The van der Waals surface area contributed by atoms with E-state index in [9.17, 15) is 20.6 Å². The van der Waals surface area contributed by atoms with Gasteiger partial charge in [-0.3, -0.25) is 10.4 Å². The summed E-state index contributed by atoms with van der Waals surface area (Å²) in [6.45, 7) is 0. The first-order valence-corrected chi connectivity index (χ1v) is 10.3. The van der Waals surface area contributed by atoms with Crippen molar-refractivity contribution in [1.29, 1.82) is 0 Å². The monoisotopic (exact) mass is 454 g/mol. The first kappa shape index (κ1) is 21.2. The molecule has 0 radical (unpaired) electrons. The second-order valence-electron chi connectivity index (χ2n) is 7.59. The predicted molar refractivity (Wildman–Crippen MR) is 123 cm³/mol. The Bertz CT molecular complexity index is 1380. The number of nitrogens with zero attached hydrogens (tertiary/aromatic N) is 2. The third-order valence-electron chi connectivity index (χ3n) is 5.22. The van der Waals surface area contributed by atoms with Gasteiger partial charge in [-0.1, -0.05) is 65.1 Å². The third kappa shape index (κ3) is 4.44. The Labute approximate surface area is 194 Å². The molecule has 0 aliphatic rings. The van der Waals surface area contributed by atoms with Crippen LogP contribution in [0, 0.1) is 0 Å². The highest BCUT2D eigenvalue weighted by atomic mass is 16.9. The molecule has 0 saturated carbocycles. The van der Waals surface area contributed by atoms with E-state index >= 15 is 0 Å². The summed E-state index contributed by atoms with van der Waals surface area (Å²) in [5.74, 6) is 0.328. The van der Waals surface area contributed by atoms with Crippen LogP contribution in [-0.4, -0.2) is 10.4 Å². The van der Waals surface area contributed by atoms with Crippen molar-refractivity contribution in [3.8, 4) is 23.0 Å². The van der Waals surface area contributed by atoms with Crippen LogP contribution in [-0.2, 0) is 0 Å². The molecule has 0 aliphatic carbocycles. The van der Waals surface area contributed by atoms with Crippen molar-refractivity contribution >= 4 is 32.9 Å². The van der Waals surface area contributed by atoms with E-state index < -0.39 is 0 Å². The summed E-state index contributed by atoms with van der Waals surface area (Å²) < 4.78 is 0. The number of benzene rings is 5. The molecule has 0 aliphatic heterocycles. The average molecular weight is 454 g/mol. The van der Waals surface area contributed by atoms with E-state index in [2.05, 4.69) is 0 Å². The van der Waals surface area contributed by atoms with E-state index in [0.717, 1.165) is 21.5 Å². The normalized spacial score (nSPS) is 10.9. The van der Waals surface area contributed by atoms with Gasteiger partial charge < -0.3 is 19.9 Å². The number of fused-ring (bicyclic) bond motifs is 2. The lowest BCUT2D eigenvalue weighted by atomic mass is 10.1. The molecule has 2 N–H and O–H groups in total. The van der Waals surface area contributed by atoms with Crippen molar-refractivity contribution in [1.82, 2.24) is 0 Å². The maximum atomic E-state index is 11.5. The van der Waals surface area contributed by atoms with Crippen LogP contribution in [0.3, 0.4) is 0 Å². The lowest BCUT2D eigenvalue weighted by Gasteiger charge is -2.20. The van der Waals surface area contributed by atoms with E-state index in [-0.39, 0.29) is 23.0 Å². The van der Waals surface area contributed by atoms with Gasteiger partial charge in [0, 0.05) is 6.07 Å². The number of anilines is 2. The van der Waals surface area contributed by atoms with Crippen molar-refractivity contribution in [3.05, 3.63) is 97.1 Å². The zero-order valence-electron chi connectivity index (χ0n) is 17.7. The van der Waals surface area contributed by atoms with E-state index in [1.807, 2.05) is 0 Å². The molecule has 5 rings (SSSR count). The van der Waals surface area contributed by atoms with Crippen LogP contribution in [0.1, 0.15) is 0 Å². The van der Waals surface area contributed by atoms with Gasteiger partial charge in [0.2, 0.25) is 0 Å². The summed E-state index contributed by atoms with van der Waals surface area (Å²) in [4.78, 5) is 11.0. The first-order chi connectivity index (χ1) is 16.4. The molecule has 0 spiro atoms. The predicted octanol–water partition coefficient (Wildman–Crippen LogP) is 4.52. The SMILES string of the molecule is [O-]c1ccc2cc(N(O)Oc3cccc(ON(O)c4ccc5cc([O-])ccc5c4)c3)ccc2c1. The molecule has 34 heavy (non-hydrogen) atoms. The standard InChI is InChI=1S/C26H20N2O6/c29-23-10-6-17-12-21(8-4-19(17)14-23)27(31)33-25-2-1-3-26(16-25)34-28(32)22-9-5-20-15-24(30)11-7-18(20)13-22/h1-16,29-32H/p-2. The molecule has 0 fully saturated rings. The summed E-state index contributed by atoms with van der Waals surface area (Å²) in [5.41, 5.74) is 0.720. The molecule has 8 heteroatoms. The second-order valence-corrected chi connectivity index (χ2v) is 7.59. The summed E-state index contributed by atoms with van der Waals surface area (Å²) in [7, 11) is 0. The summed E-state index contributed by atoms with van der Waals surface area (Å²) in [6.07, 6.45) is 0. The third-order valence-corrected chi connectivity index (χ3v) is 5.22. The highest BCUT2D eigenvalue weighted by molar-refractivity contribution is 5.87. The van der Waals surface area contributed by atoms with Crippen molar-refractivity contribution in [2.45, 2.75) is 0 Å². The Balaban J connectivity index is 1.30. The Hall–Kier alpha value is -4.66. The van der Waals surface area contributed by atoms with Gasteiger partial charge in [0.05, 0.1) is 0 Å². The molecule has 0 bridgehead atoms. The first-order valence-electron chi connectivity index (χ1n) is 10.3. The minimum Gasteiger partial charge on any atom is -0.872 e. The molecule has 0 saturated heterocycles. The van der Waals surface area contributed by atoms with Crippen LogP contribution in [0.5, 0.6) is 23.0 Å². The Morgan fingerprint density at radius 3 is 1.38 bits per heavy atom. The molecule has 0 atom stereocenters. The number of rotatable bonds is 6. The van der Waals surface area contributed by atoms with Gasteiger partial charge in [-0.2, -0.15) is 0 Å². The van der Waals surface area contributed by atoms with Crippen molar-refractivity contribution in [2.24, 2.45) is 0 Å². The highest BCUT2D eigenvalue weighted by Crippen LogP contribution is 2.28. The van der Waals surface area contributed by atoms with E-state index in [4.69, 9.17) is 9.68 Å². The molecule has 0 amide bonds. The van der Waals surface area contributed by atoms with Gasteiger partial charge in [0.1, 0.15) is 11.4 Å². The molecule has 5 aromatic rings. The van der Waals surface area contributed by atoms with Crippen LogP contribution in [0.25, 0.3) is 21.5 Å². The van der Waals surface area contributed by atoms with Gasteiger partial charge in [-0.15, -0.1) is 11.5 Å². The Morgan fingerprint density at radius 2 is 0.912 bits per heavy atom. The topological polar surface area (TPSA) is 112 Å². The van der Waals surface area contributed by atoms with E-state index in [0.29, 0.717) is 21.8 Å². The fourth-order valence-corrected chi connectivity index (χ4v) is 3.55. The van der Waals surface area contributed by atoms with Gasteiger partial charge >= 0.3 is 0 Å². The maximum Gasteiger partial charge on any atom is 0.162 e. The van der Waals surface area contributed by atoms with Gasteiger partial charge in [0.25, 0.3) is 0 Å².